The highest BCUT2D eigenvalue weighted by molar-refractivity contribution is 5.30. The van der Waals surface area contributed by atoms with Crippen LogP contribution in [0.2, 0.25) is 0 Å². The third-order valence-electron chi connectivity index (χ3n) is 4.07. The molecular weight excluding hydrogens is 236 g/mol. The topological polar surface area (TPSA) is 38.5 Å². The summed E-state index contributed by atoms with van der Waals surface area (Å²) in [5, 5.41) is 0. The summed E-state index contributed by atoms with van der Waals surface area (Å²) in [5.74, 6) is 0.775. The molecule has 1 aliphatic rings. The Morgan fingerprint density at radius 2 is 2.21 bits per heavy atom. The average Bonchev–Trinajstić information content (AvgIpc) is 2.42. The molecule has 1 aliphatic heterocycles. The number of hydrogen-bond donors (Lipinski definition) is 1. The lowest BCUT2D eigenvalue weighted by atomic mass is 9.94. The van der Waals surface area contributed by atoms with Crippen molar-refractivity contribution in [1.82, 2.24) is 4.90 Å². The minimum absolute atomic E-state index is 0.328. The van der Waals surface area contributed by atoms with E-state index < -0.39 is 0 Å². The van der Waals surface area contributed by atoms with Crippen LogP contribution in [0.5, 0.6) is 0 Å². The fourth-order valence-corrected chi connectivity index (χ4v) is 3.13. The van der Waals surface area contributed by atoms with Crippen LogP contribution in [0.15, 0.2) is 24.3 Å². The molecule has 2 N–H and O–H groups in total. The first-order valence-electron chi connectivity index (χ1n) is 7.27. The van der Waals surface area contributed by atoms with Gasteiger partial charge in [-0.15, -0.1) is 0 Å². The molecule has 3 heteroatoms. The van der Waals surface area contributed by atoms with Gasteiger partial charge in [0.1, 0.15) is 0 Å². The molecular formula is C16H26N2O. The number of benzene rings is 1. The number of hydrogen-bond acceptors (Lipinski definition) is 3. The summed E-state index contributed by atoms with van der Waals surface area (Å²) >= 11 is 0. The Bertz CT molecular complexity index is 394. The van der Waals surface area contributed by atoms with Crippen molar-refractivity contribution in [1.29, 1.82) is 0 Å². The van der Waals surface area contributed by atoms with E-state index in [1.807, 2.05) is 0 Å². The zero-order chi connectivity index (χ0) is 13.7. The van der Waals surface area contributed by atoms with Gasteiger partial charge in [0.05, 0.1) is 6.61 Å². The van der Waals surface area contributed by atoms with Crippen molar-refractivity contribution >= 4 is 0 Å². The van der Waals surface area contributed by atoms with Crippen molar-refractivity contribution in [3.8, 4) is 0 Å². The Hall–Kier alpha value is -0.900. The molecule has 0 aromatic heterocycles. The van der Waals surface area contributed by atoms with Gasteiger partial charge < -0.3 is 10.5 Å². The van der Waals surface area contributed by atoms with Gasteiger partial charge in [0.25, 0.3) is 0 Å². The molecule has 0 spiro atoms. The van der Waals surface area contributed by atoms with Gasteiger partial charge in [0.15, 0.2) is 0 Å². The monoisotopic (exact) mass is 262 g/mol. The molecule has 2 rings (SSSR count). The molecule has 0 amide bonds. The van der Waals surface area contributed by atoms with E-state index in [-0.39, 0.29) is 0 Å². The second kappa shape index (κ2) is 7.04. The van der Waals surface area contributed by atoms with E-state index >= 15 is 0 Å². The molecule has 0 bridgehead atoms. The van der Waals surface area contributed by atoms with Crippen LogP contribution < -0.4 is 5.73 Å². The Morgan fingerprint density at radius 3 is 2.89 bits per heavy atom. The van der Waals surface area contributed by atoms with Crippen LogP contribution in [-0.4, -0.2) is 31.6 Å². The molecule has 1 aromatic rings. The highest BCUT2D eigenvalue weighted by Gasteiger charge is 2.25. The summed E-state index contributed by atoms with van der Waals surface area (Å²) < 4.78 is 5.31. The number of nitrogens with two attached hydrogens (primary N) is 1. The van der Waals surface area contributed by atoms with Gasteiger partial charge in [0, 0.05) is 26.2 Å². The van der Waals surface area contributed by atoms with E-state index in [1.165, 1.54) is 24.0 Å². The third kappa shape index (κ3) is 3.56. The van der Waals surface area contributed by atoms with E-state index in [0.29, 0.717) is 19.2 Å². The molecule has 1 heterocycles. The molecule has 2 unspecified atom stereocenters. The number of nitrogens with zero attached hydrogens (tertiary/aromatic N) is 1. The zero-order valence-corrected chi connectivity index (χ0v) is 12.1. The summed E-state index contributed by atoms with van der Waals surface area (Å²) in [6.45, 7) is 5.99. The van der Waals surface area contributed by atoms with Gasteiger partial charge >= 0.3 is 0 Å². The van der Waals surface area contributed by atoms with Crippen LogP contribution in [0, 0.1) is 5.92 Å². The summed E-state index contributed by atoms with van der Waals surface area (Å²) in [5.41, 5.74) is 8.66. The van der Waals surface area contributed by atoms with Crippen LogP contribution in [0.25, 0.3) is 0 Å². The fraction of sp³-hybridized carbons (Fsp3) is 0.625. The summed E-state index contributed by atoms with van der Waals surface area (Å²) in [6.07, 6.45) is 2.62. The van der Waals surface area contributed by atoms with Crippen molar-refractivity contribution in [2.75, 3.05) is 26.7 Å². The molecule has 0 saturated carbocycles. The molecule has 1 fully saturated rings. The van der Waals surface area contributed by atoms with Crippen molar-refractivity contribution in [2.24, 2.45) is 11.7 Å². The molecule has 106 valence electrons. The highest BCUT2D eigenvalue weighted by Crippen LogP contribution is 2.28. The lowest BCUT2D eigenvalue weighted by Crippen LogP contribution is -2.40. The highest BCUT2D eigenvalue weighted by atomic mass is 16.5. The molecule has 3 nitrogen and oxygen atoms in total. The van der Waals surface area contributed by atoms with E-state index in [2.05, 4.69) is 36.1 Å². The molecule has 1 saturated heterocycles. The van der Waals surface area contributed by atoms with Crippen LogP contribution >= 0.6 is 0 Å². The number of rotatable bonds is 5. The first-order chi connectivity index (χ1) is 9.26. The van der Waals surface area contributed by atoms with Gasteiger partial charge in [-0.05, 0) is 36.4 Å². The second-order valence-electron chi connectivity index (χ2n) is 5.63. The lowest BCUT2D eigenvalue weighted by molar-refractivity contribution is 0.129. The normalized spacial score (nSPS) is 22.4. The van der Waals surface area contributed by atoms with Gasteiger partial charge in [-0.1, -0.05) is 31.2 Å². The maximum atomic E-state index is 6.06. The Labute approximate surface area is 116 Å². The van der Waals surface area contributed by atoms with E-state index in [1.54, 1.807) is 7.11 Å². The molecule has 1 aromatic carbocycles. The van der Waals surface area contributed by atoms with Gasteiger partial charge in [-0.2, -0.15) is 0 Å². The number of methoxy groups -OCH3 is 1. The average molecular weight is 262 g/mol. The minimum Gasteiger partial charge on any atom is -0.380 e. The van der Waals surface area contributed by atoms with Crippen LogP contribution in [0.4, 0.5) is 0 Å². The quantitative estimate of drug-likeness (QED) is 0.886. The van der Waals surface area contributed by atoms with Crippen LogP contribution in [0.3, 0.4) is 0 Å². The SMILES string of the molecule is COCc1ccccc1C(CN)N1CCCC(C)C1. The molecule has 2 atom stereocenters. The lowest BCUT2D eigenvalue weighted by Gasteiger charge is -2.37. The molecule has 0 radical (unpaired) electrons. The van der Waals surface area contributed by atoms with E-state index in [9.17, 15) is 0 Å². The zero-order valence-electron chi connectivity index (χ0n) is 12.1. The predicted octanol–water partition coefficient (Wildman–Crippen LogP) is 2.56. The Balaban J connectivity index is 2.20. The molecule has 19 heavy (non-hydrogen) atoms. The van der Waals surface area contributed by atoms with Crippen LogP contribution in [0.1, 0.15) is 36.9 Å². The van der Waals surface area contributed by atoms with Gasteiger partial charge in [-0.3, -0.25) is 4.90 Å². The van der Waals surface area contributed by atoms with E-state index in [4.69, 9.17) is 10.5 Å². The third-order valence-corrected chi connectivity index (χ3v) is 4.07. The van der Waals surface area contributed by atoms with Gasteiger partial charge in [0.2, 0.25) is 0 Å². The Morgan fingerprint density at radius 1 is 1.42 bits per heavy atom. The maximum Gasteiger partial charge on any atom is 0.0716 e. The largest absolute Gasteiger partial charge is 0.380 e. The standard InChI is InChI=1S/C16H26N2O/c1-13-6-5-9-18(11-13)16(10-17)15-8-4-3-7-14(15)12-19-2/h3-4,7-8,13,16H,5-6,9-12,17H2,1-2H3. The van der Waals surface area contributed by atoms with Crippen molar-refractivity contribution < 1.29 is 4.74 Å². The number of likely N-dealkylation sites (tertiary alicyclic amines) is 1. The Kier molecular flexibility index (Phi) is 5.37. The fourth-order valence-electron chi connectivity index (χ4n) is 3.13. The summed E-state index contributed by atoms with van der Waals surface area (Å²) in [4.78, 5) is 2.54. The second-order valence-corrected chi connectivity index (χ2v) is 5.63. The van der Waals surface area contributed by atoms with Gasteiger partial charge in [-0.25, -0.2) is 0 Å². The first-order valence-corrected chi connectivity index (χ1v) is 7.27. The van der Waals surface area contributed by atoms with Crippen molar-refractivity contribution in [2.45, 2.75) is 32.4 Å². The van der Waals surface area contributed by atoms with Crippen molar-refractivity contribution in [3.05, 3.63) is 35.4 Å². The first kappa shape index (κ1) is 14.5. The maximum absolute atomic E-state index is 6.06. The smallest absolute Gasteiger partial charge is 0.0716 e. The molecule has 0 aliphatic carbocycles. The minimum atomic E-state index is 0.328. The summed E-state index contributed by atoms with van der Waals surface area (Å²) in [6, 6.07) is 8.85. The predicted molar refractivity (Wildman–Crippen MR) is 78.9 cm³/mol. The number of ether oxygens (including phenoxy) is 1. The number of piperidine rings is 1. The van der Waals surface area contributed by atoms with Crippen LogP contribution in [-0.2, 0) is 11.3 Å². The summed E-state index contributed by atoms with van der Waals surface area (Å²) in [7, 11) is 1.75. The van der Waals surface area contributed by atoms with E-state index in [0.717, 1.165) is 19.0 Å². The van der Waals surface area contributed by atoms with Crippen molar-refractivity contribution in [3.63, 3.8) is 0 Å².